The Bertz CT molecular complexity index is 1760. The molecule has 2 saturated heterocycles. The number of alkyl halides is 4. The van der Waals surface area contributed by atoms with Gasteiger partial charge in [0, 0.05) is 38.3 Å². The predicted octanol–water partition coefficient (Wildman–Crippen LogP) is 9.02. The first-order valence-corrected chi connectivity index (χ1v) is 20.8. The fraction of sp³-hybridized carbons (Fsp3) is 0.538. The average Bonchev–Trinajstić information content (AvgIpc) is 3.05. The van der Waals surface area contributed by atoms with E-state index >= 15 is 0 Å². The third-order valence-corrected chi connectivity index (χ3v) is 17.0. The van der Waals surface area contributed by atoms with Crippen LogP contribution >= 0.6 is 0 Å². The molecule has 2 aliphatic heterocycles. The van der Waals surface area contributed by atoms with Crippen LogP contribution in [0.5, 0.6) is 0 Å². The fourth-order valence-electron chi connectivity index (χ4n) is 7.15. The SMILES string of the molecule is Cc1cc(F)ccc1-c1cc(N2C[C@H]3COCCN3C[C@H]2C[Si](C)(C)C(C)(C)C)ncc1N(C)C(=O)C(C)(C)c1cc(CF)cc(C(F)(F)F)c1. The molecule has 0 bridgehead atoms. The van der Waals surface area contributed by atoms with E-state index in [0.29, 0.717) is 42.1 Å². The molecule has 2 aliphatic rings. The second kappa shape index (κ2) is 14.2. The molecule has 3 aromatic rings. The number of aromatic nitrogens is 1. The van der Waals surface area contributed by atoms with Crippen molar-refractivity contribution >= 4 is 25.5 Å². The lowest BCUT2D eigenvalue weighted by molar-refractivity contribution is -0.137. The molecule has 2 atom stereocenters. The molecule has 1 amide bonds. The van der Waals surface area contributed by atoms with E-state index in [1.165, 1.54) is 36.9 Å². The number of nitrogens with zero attached hydrogens (tertiary/aromatic N) is 4. The fourth-order valence-corrected chi connectivity index (χ4v) is 9.29. The molecule has 12 heteroatoms. The van der Waals surface area contributed by atoms with E-state index in [1.807, 2.05) is 6.07 Å². The number of amides is 1. The molecule has 0 aliphatic carbocycles. The highest BCUT2D eigenvalue weighted by Crippen LogP contribution is 2.43. The number of ether oxygens (including phenoxy) is 1. The normalized spacial score (nSPS) is 19.2. The molecule has 51 heavy (non-hydrogen) atoms. The van der Waals surface area contributed by atoms with Gasteiger partial charge in [-0.2, -0.15) is 13.2 Å². The quantitative estimate of drug-likeness (QED) is 0.171. The summed E-state index contributed by atoms with van der Waals surface area (Å²) in [7, 11) is -0.191. The van der Waals surface area contributed by atoms with Crippen molar-refractivity contribution in [2.24, 2.45) is 0 Å². The van der Waals surface area contributed by atoms with Gasteiger partial charge < -0.3 is 14.5 Å². The van der Waals surface area contributed by atoms with E-state index in [1.54, 1.807) is 26.2 Å². The van der Waals surface area contributed by atoms with E-state index in [2.05, 4.69) is 43.7 Å². The van der Waals surface area contributed by atoms with Gasteiger partial charge in [0.1, 0.15) is 18.3 Å². The number of carbonyl (C=O) groups is 1. The lowest BCUT2D eigenvalue weighted by Gasteiger charge is -2.51. The van der Waals surface area contributed by atoms with E-state index in [4.69, 9.17) is 9.72 Å². The van der Waals surface area contributed by atoms with Crippen LogP contribution in [0.3, 0.4) is 0 Å². The van der Waals surface area contributed by atoms with Crippen molar-refractivity contribution in [2.45, 2.75) is 96.1 Å². The maximum atomic E-state index is 14.4. The van der Waals surface area contributed by atoms with Crippen molar-refractivity contribution in [3.63, 3.8) is 0 Å². The molecule has 278 valence electrons. The first-order chi connectivity index (χ1) is 23.6. The largest absolute Gasteiger partial charge is 0.416 e. The zero-order valence-corrected chi connectivity index (χ0v) is 32.2. The summed E-state index contributed by atoms with van der Waals surface area (Å²) in [5, 5.41) is 0.175. The molecule has 6 nitrogen and oxygen atoms in total. The van der Waals surface area contributed by atoms with Gasteiger partial charge >= 0.3 is 6.18 Å². The number of anilines is 2. The molecule has 2 aromatic carbocycles. The van der Waals surface area contributed by atoms with Gasteiger partial charge in [0.05, 0.1) is 50.2 Å². The van der Waals surface area contributed by atoms with Gasteiger partial charge in [-0.05, 0) is 84.4 Å². The van der Waals surface area contributed by atoms with E-state index in [0.717, 1.165) is 37.1 Å². The minimum absolute atomic E-state index is 0.0481. The molecule has 1 aromatic heterocycles. The number of rotatable bonds is 8. The molecule has 0 unspecified atom stereocenters. The number of pyridine rings is 1. The summed E-state index contributed by atoms with van der Waals surface area (Å²) in [6.07, 6.45) is -3.08. The lowest BCUT2D eigenvalue weighted by Crippen LogP contribution is -2.63. The van der Waals surface area contributed by atoms with Crippen LogP contribution < -0.4 is 9.80 Å². The second-order valence-electron chi connectivity index (χ2n) is 16.4. The molecule has 0 radical (unpaired) electrons. The van der Waals surface area contributed by atoms with Crippen LogP contribution in [0.15, 0.2) is 48.7 Å². The number of hydrogen-bond donors (Lipinski definition) is 0. The highest BCUT2D eigenvalue weighted by atomic mass is 28.3. The second-order valence-corrected chi connectivity index (χ2v) is 22.1. The van der Waals surface area contributed by atoms with Gasteiger partial charge in [-0.1, -0.05) is 46.0 Å². The van der Waals surface area contributed by atoms with E-state index < -0.39 is 43.6 Å². The Hall–Kier alpha value is -3.35. The minimum Gasteiger partial charge on any atom is -0.378 e. The van der Waals surface area contributed by atoms with E-state index in [-0.39, 0.29) is 28.2 Å². The van der Waals surface area contributed by atoms with Crippen molar-refractivity contribution < 1.29 is 31.5 Å². The number of likely N-dealkylation sites (N-methyl/N-ethyl adjacent to an activating group) is 1. The minimum atomic E-state index is -4.71. The summed E-state index contributed by atoms with van der Waals surface area (Å²) in [4.78, 5) is 25.6. The zero-order valence-electron chi connectivity index (χ0n) is 31.2. The molecule has 3 heterocycles. The van der Waals surface area contributed by atoms with Crippen LogP contribution in [0.2, 0.25) is 24.2 Å². The third-order valence-electron chi connectivity index (χ3n) is 11.5. The van der Waals surface area contributed by atoms with Crippen LogP contribution in [-0.4, -0.2) is 75.8 Å². The summed E-state index contributed by atoms with van der Waals surface area (Å²) in [6.45, 7) is 19.4. The van der Waals surface area contributed by atoms with Gasteiger partial charge in [0.2, 0.25) is 5.91 Å². The number of morpholine rings is 1. The number of benzene rings is 2. The average molecular weight is 731 g/mol. The Kier molecular flexibility index (Phi) is 10.8. The van der Waals surface area contributed by atoms with Gasteiger partial charge in [-0.25, -0.2) is 13.8 Å². The Labute approximate surface area is 300 Å². The summed E-state index contributed by atoms with van der Waals surface area (Å²) >= 11 is 0. The van der Waals surface area contributed by atoms with Crippen molar-refractivity contribution in [2.75, 3.05) is 49.7 Å². The number of hydrogen-bond acceptors (Lipinski definition) is 5. The van der Waals surface area contributed by atoms with E-state index in [9.17, 15) is 26.7 Å². The zero-order chi connectivity index (χ0) is 37.7. The maximum Gasteiger partial charge on any atom is 0.416 e. The highest BCUT2D eigenvalue weighted by Gasteiger charge is 2.44. The lowest BCUT2D eigenvalue weighted by atomic mass is 9.81. The summed E-state index contributed by atoms with van der Waals surface area (Å²) in [5.74, 6) is -0.170. The molecule has 0 spiro atoms. The number of aryl methyl sites for hydroxylation is 1. The molecule has 0 N–H and O–H groups in total. The van der Waals surface area contributed by atoms with Crippen molar-refractivity contribution in [3.8, 4) is 11.1 Å². The van der Waals surface area contributed by atoms with Gasteiger partial charge in [-0.3, -0.25) is 9.69 Å². The molecular formula is C39H51F5N4O2Si. The topological polar surface area (TPSA) is 48.9 Å². The smallest absolute Gasteiger partial charge is 0.378 e. The van der Waals surface area contributed by atoms with Crippen LogP contribution in [0.4, 0.5) is 33.5 Å². The Morgan fingerprint density at radius 1 is 1.00 bits per heavy atom. The predicted molar refractivity (Wildman–Crippen MR) is 196 cm³/mol. The standard InChI is InChI=1S/C39H51F5N4O2Si/c1-25-14-29(41)10-11-32(25)33-18-35(48-22-30-23-50-13-12-47(30)21-31(48)24-51(8,9)37(2,3)4)45-20-34(33)46(7)36(49)38(5,6)27-15-26(19-40)16-28(17-27)39(42,43)44/h10-11,14-18,20,30-31H,12-13,19,21-24H2,1-9H3/t30-,31-/m0/s1. The number of piperazine rings is 1. The molecular weight excluding hydrogens is 680 g/mol. The Balaban J connectivity index is 1.60. The number of carbonyl (C=O) groups excluding carboxylic acids is 1. The maximum absolute atomic E-state index is 14.4. The monoisotopic (exact) mass is 730 g/mol. The molecule has 2 fully saturated rings. The Morgan fingerprint density at radius 3 is 2.31 bits per heavy atom. The molecule has 0 saturated carbocycles. The van der Waals surface area contributed by atoms with Crippen LogP contribution in [0, 0.1) is 12.7 Å². The number of halogens is 5. The molecule has 5 rings (SSSR count). The van der Waals surface area contributed by atoms with Crippen molar-refractivity contribution in [3.05, 3.63) is 76.7 Å². The van der Waals surface area contributed by atoms with Crippen LogP contribution in [-0.2, 0) is 27.8 Å². The van der Waals surface area contributed by atoms with Crippen molar-refractivity contribution in [1.82, 2.24) is 9.88 Å². The Morgan fingerprint density at radius 2 is 1.69 bits per heavy atom. The highest BCUT2D eigenvalue weighted by molar-refractivity contribution is 6.80. The van der Waals surface area contributed by atoms with Crippen molar-refractivity contribution in [1.29, 1.82) is 0 Å². The first-order valence-electron chi connectivity index (χ1n) is 17.5. The summed E-state index contributed by atoms with van der Waals surface area (Å²) in [6, 6.07) is 10.8. The van der Waals surface area contributed by atoms with Gasteiger partial charge in [0.15, 0.2) is 0 Å². The third kappa shape index (κ3) is 8.02. The number of fused-ring (bicyclic) bond motifs is 1. The van der Waals surface area contributed by atoms with Crippen LogP contribution in [0.1, 0.15) is 56.9 Å². The summed E-state index contributed by atoms with van der Waals surface area (Å²) < 4.78 is 75.4. The van der Waals surface area contributed by atoms with Gasteiger partial charge in [0.25, 0.3) is 0 Å². The summed E-state index contributed by atoms with van der Waals surface area (Å²) in [5.41, 5.74) is -0.176. The first kappa shape index (κ1) is 38.9. The van der Waals surface area contributed by atoms with Gasteiger partial charge in [-0.15, -0.1) is 0 Å². The van der Waals surface area contributed by atoms with Crippen LogP contribution in [0.25, 0.3) is 11.1 Å².